The van der Waals surface area contributed by atoms with Crippen molar-refractivity contribution in [3.8, 4) is 5.75 Å². The van der Waals surface area contributed by atoms with Crippen molar-refractivity contribution < 1.29 is 19.1 Å². The molecular weight excluding hydrogens is 354 g/mol. The lowest BCUT2D eigenvalue weighted by Crippen LogP contribution is -2.56. The first-order valence-corrected chi connectivity index (χ1v) is 9.73. The maximum atomic E-state index is 12.3. The van der Waals surface area contributed by atoms with Crippen molar-refractivity contribution in [2.75, 3.05) is 12.9 Å². The molecule has 3 rings (SSSR count). The van der Waals surface area contributed by atoms with E-state index in [9.17, 15) is 14.4 Å². The number of hydrogen-bond acceptors (Lipinski definition) is 5. The first kappa shape index (κ1) is 18.6. The number of carbonyl (C=O) groups excluding carboxylic acids is 3. The molecule has 1 aromatic rings. The molecule has 4 amide bonds. The number of nitrogens with one attached hydrogen (secondary N) is 2. The van der Waals surface area contributed by atoms with Gasteiger partial charge in [0.25, 0.3) is 5.24 Å². The highest BCUT2D eigenvalue weighted by Crippen LogP contribution is 2.30. The van der Waals surface area contributed by atoms with Gasteiger partial charge in [0, 0.05) is 6.54 Å². The molecule has 2 unspecified atom stereocenters. The lowest BCUT2D eigenvalue weighted by molar-refractivity contribution is -0.127. The maximum Gasteiger partial charge on any atom is 0.315 e. The predicted molar refractivity (Wildman–Crippen MR) is 99.1 cm³/mol. The molecule has 1 aliphatic heterocycles. The van der Waals surface area contributed by atoms with Crippen molar-refractivity contribution in [3.05, 3.63) is 29.8 Å². The number of urea groups is 1. The largest absolute Gasteiger partial charge is 0.497 e. The molecule has 1 heterocycles. The first-order valence-electron chi connectivity index (χ1n) is 8.74. The summed E-state index contributed by atoms with van der Waals surface area (Å²) in [6.07, 6.45) is 3.44. The van der Waals surface area contributed by atoms with Crippen LogP contribution in [0.1, 0.15) is 31.2 Å². The van der Waals surface area contributed by atoms with E-state index in [2.05, 4.69) is 10.6 Å². The van der Waals surface area contributed by atoms with Crippen LogP contribution >= 0.6 is 11.8 Å². The van der Waals surface area contributed by atoms with Crippen LogP contribution in [-0.2, 0) is 11.3 Å². The molecule has 1 aromatic carbocycles. The van der Waals surface area contributed by atoms with Crippen molar-refractivity contribution in [2.24, 2.45) is 0 Å². The van der Waals surface area contributed by atoms with E-state index in [-0.39, 0.29) is 35.0 Å². The number of benzene rings is 1. The molecule has 2 atom stereocenters. The van der Waals surface area contributed by atoms with Crippen LogP contribution in [0.3, 0.4) is 0 Å². The summed E-state index contributed by atoms with van der Waals surface area (Å²) in [4.78, 5) is 37.7. The molecule has 0 radical (unpaired) electrons. The van der Waals surface area contributed by atoms with Gasteiger partial charge in [-0.3, -0.25) is 14.5 Å². The van der Waals surface area contributed by atoms with Crippen LogP contribution < -0.4 is 15.4 Å². The van der Waals surface area contributed by atoms with Crippen molar-refractivity contribution in [1.82, 2.24) is 15.5 Å². The highest BCUT2D eigenvalue weighted by atomic mass is 32.2. The van der Waals surface area contributed by atoms with Gasteiger partial charge in [-0.15, -0.1) is 0 Å². The van der Waals surface area contributed by atoms with E-state index >= 15 is 0 Å². The van der Waals surface area contributed by atoms with Gasteiger partial charge >= 0.3 is 6.03 Å². The Kier molecular flexibility index (Phi) is 6.03. The normalized spacial score (nSPS) is 23.0. The third-order valence-electron chi connectivity index (χ3n) is 4.77. The summed E-state index contributed by atoms with van der Waals surface area (Å²) in [6.45, 7) is 0.393. The number of amides is 4. The Hall–Kier alpha value is -2.22. The van der Waals surface area contributed by atoms with Crippen LogP contribution in [0.4, 0.5) is 9.59 Å². The van der Waals surface area contributed by atoms with E-state index in [4.69, 9.17) is 4.74 Å². The summed E-state index contributed by atoms with van der Waals surface area (Å²) >= 11 is 1.04. The number of methoxy groups -OCH3 is 1. The molecule has 2 aliphatic rings. The van der Waals surface area contributed by atoms with Crippen LogP contribution in [0.25, 0.3) is 0 Å². The van der Waals surface area contributed by atoms with Crippen LogP contribution in [0, 0.1) is 0 Å². The van der Waals surface area contributed by atoms with Crippen molar-refractivity contribution >= 4 is 28.9 Å². The fourth-order valence-electron chi connectivity index (χ4n) is 3.42. The van der Waals surface area contributed by atoms with Gasteiger partial charge in [0.1, 0.15) is 5.75 Å². The highest BCUT2D eigenvalue weighted by molar-refractivity contribution is 8.14. The molecular formula is C18H23N3O4S. The minimum absolute atomic E-state index is 0.155. The molecule has 26 heavy (non-hydrogen) atoms. The molecule has 0 aromatic heterocycles. The van der Waals surface area contributed by atoms with E-state index in [1.54, 1.807) is 7.11 Å². The third kappa shape index (κ3) is 4.30. The van der Waals surface area contributed by atoms with Gasteiger partial charge in [0.05, 0.1) is 24.9 Å². The summed E-state index contributed by atoms with van der Waals surface area (Å²) < 4.78 is 5.11. The molecule has 1 saturated carbocycles. The Labute approximate surface area is 156 Å². The zero-order valence-electron chi connectivity index (χ0n) is 14.7. The topological polar surface area (TPSA) is 87.7 Å². The summed E-state index contributed by atoms with van der Waals surface area (Å²) in [7, 11) is 1.61. The Morgan fingerprint density at radius 1 is 1.23 bits per heavy atom. The molecule has 2 N–H and O–H groups in total. The van der Waals surface area contributed by atoms with Crippen molar-refractivity contribution in [1.29, 1.82) is 0 Å². The van der Waals surface area contributed by atoms with Crippen LogP contribution in [0.5, 0.6) is 5.75 Å². The SMILES string of the molecule is COc1ccc(CNC(=O)NC2CCCCC2N2C(=O)CSC2=O)cc1. The Bertz CT molecular complexity index is 664. The Balaban J connectivity index is 1.56. The average Bonchev–Trinajstić information content (AvgIpc) is 2.99. The van der Waals surface area contributed by atoms with Crippen LogP contribution in [0.15, 0.2) is 24.3 Å². The fraction of sp³-hybridized carbons (Fsp3) is 0.500. The zero-order chi connectivity index (χ0) is 18.5. The zero-order valence-corrected chi connectivity index (χ0v) is 15.5. The van der Waals surface area contributed by atoms with E-state index in [0.717, 1.165) is 48.8 Å². The number of ether oxygens (including phenoxy) is 1. The predicted octanol–water partition coefficient (Wildman–Crippen LogP) is 2.50. The molecule has 140 valence electrons. The lowest BCUT2D eigenvalue weighted by Gasteiger charge is -2.36. The van der Waals surface area contributed by atoms with E-state index in [1.807, 2.05) is 24.3 Å². The van der Waals surface area contributed by atoms with E-state index in [0.29, 0.717) is 6.54 Å². The molecule has 8 heteroatoms. The number of rotatable bonds is 5. The Morgan fingerprint density at radius 3 is 2.62 bits per heavy atom. The fourth-order valence-corrected chi connectivity index (χ4v) is 4.18. The first-order chi connectivity index (χ1) is 12.6. The number of hydrogen-bond donors (Lipinski definition) is 2. The van der Waals surface area contributed by atoms with E-state index < -0.39 is 0 Å². The second kappa shape index (κ2) is 8.44. The lowest BCUT2D eigenvalue weighted by atomic mass is 9.89. The third-order valence-corrected chi connectivity index (χ3v) is 5.61. The number of imide groups is 1. The molecule has 2 fully saturated rings. The average molecular weight is 377 g/mol. The van der Waals surface area contributed by atoms with Gasteiger partial charge in [-0.1, -0.05) is 36.7 Å². The van der Waals surface area contributed by atoms with Gasteiger partial charge in [0.15, 0.2) is 0 Å². The number of nitrogens with zero attached hydrogens (tertiary/aromatic N) is 1. The quantitative estimate of drug-likeness (QED) is 0.823. The number of thioether (sulfide) groups is 1. The van der Waals surface area contributed by atoms with Gasteiger partial charge < -0.3 is 15.4 Å². The monoisotopic (exact) mass is 377 g/mol. The van der Waals surface area contributed by atoms with Gasteiger partial charge in [0.2, 0.25) is 5.91 Å². The summed E-state index contributed by atoms with van der Waals surface area (Å²) in [5, 5.41) is 5.58. The molecule has 1 saturated heterocycles. The molecule has 7 nitrogen and oxygen atoms in total. The minimum Gasteiger partial charge on any atom is -0.497 e. The minimum atomic E-state index is -0.288. The smallest absolute Gasteiger partial charge is 0.315 e. The van der Waals surface area contributed by atoms with Crippen molar-refractivity contribution in [2.45, 2.75) is 44.3 Å². The van der Waals surface area contributed by atoms with E-state index in [1.165, 1.54) is 4.90 Å². The number of carbonyl (C=O) groups is 3. The van der Waals surface area contributed by atoms with Crippen molar-refractivity contribution in [3.63, 3.8) is 0 Å². The second-order valence-corrected chi connectivity index (χ2v) is 7.38. The van der Waals surface area contributed by atoms with Crippen LogP contribution in [-0.4, -0.2) is 47.0 Å². The highest BCUT2D eigenvalue weighted by Gasteiger charge is 2.41. The molecule has 1 aliphatic carbocycles. The van der Waals surface area contributed by atoms with Crippen LogP contribution in [0.2, 0.25) is 0 Å². The standard InChI is InChI=1S/C18H23N3O4S/c1-25-13-8-6-12(7-9-13)10-19-17(23)20-14-4-2-3-5-15(14)21-16(22)11-26-18(21)24/h6-9,14-15H,2-5,10-11H2,1H3,(H2,19,20,23). The van der Waals surface area contributed by atoms with Gasteiger partial charge in [-0.05, 0) is 30.5 Å². The molecule has 0 spiro atoms. The van der Waals surface area contributed by atoms with Gasteiger partial charge in [-0.2, -0.15) is 0 Å². The molecule has 0 bridgehead atoms. The summed E-state index contributed by atoms with van der Waals surface area (Å²) in [6, 6.07) is 6.73. The second-order valence-electron chi connectivity index (χ2n) is 6.45. The van der Waals surface area contributed by atoms with Gasteiger partial charge in [-0.25, -0.2) is 4.79 Å². The Morgan fingerprint density at radius 2 is 1.96 bits per heavy atom. The maximum absolute atomic E-state index is 12.3. The summed E-state index contributed by atoms with van der Waals surface area (Å²) in [5.74, 6) is 0.810. The summed E-state index contributed by atoms with van der Waals surface area (Å²) in [5.41, 5.74) is 0.961.